The lowest BCUT2D eigenvalue weighted by Crippen LogP contribution is -2.23. The number of nitro groups is 1. The van der Waals surface area contributed by atoms with Crippen LogP contribution in [0.15, 0.2) is 35.3 Å². The molecule has 0 unspecified atom stereocenters. The van der Waals surface area contributed by atoms with E-state index in [1.165, 1.54) is 30.6 Å². The number of thiazole rings is 1. The minimum absolute atomic E-state index is 0.138. The zero-order chi connectivity index (χ0) is 20.3. The van der Waals surface area contributed by atoms with Crippen molar-refractivity contribution in [2.24, 2.45) is 4.99 Å². The Labute approximate surface area is 166 Å². The minimum Gasteiger partial charge on any atom is -0.495 e. The van der Waals surface area contributed by atoms with Gasteiger partial charge in [0.15, 0.2) is 4.80 Å². The maximum Gasteiger partial charge on any atom is 0.326 e. The molecule has 0 aliphatic carbocycles. The second kappa shape index (κ2) is 8.31. The van der Waals surface area contributed by atoms with Gasteiger partial charge in [-0.3, -0.25) is 19.7 Å². The van der Waals surface area contributed by atoms with E-state index in [1.54, 1.807) is 23.6 Å². The van der Waals surface area contributed by atoms with Gasteiger partial charge in [0.05, 0.1) is 23.3 Å². The Morgan fingerprint density at radius 3 is 2.68 bits per heavy atom. The highest BCUT2D eigenvalue weighted by Crippen LogP contribution is 2.28. The number of thiophene rings is 1. The van der Waals surface area contributed by atoms with Gasteiger partial charge in [0.25, 0.3) is 5.91 Å². The maximum absolute atomic E-state index is 12.5. The molecule has 0 aliphatic rings. The van der Waals surface area contributed by atoms with Crippen molar-refractivity contribution in [2.75, 3.05) is 13.7 Å². The molecule has 3 aromatic rings. The molecule has 2 aromatic heterocycles. The number of benzene rings is 1. The molecule has 11 heteroatoms. The van der Waals surface area contributed by atoms with Crippen LogP contribution in [-0.4, -0.2) is 35.1 Å². The third-order valence-corrected chi connectivity index (χ3v) is 5.72. The van der Waals surface area contributed by atoms with Gasteiger partial charge in [-0.1, -0.05) is 28.7 Å². The van der Waals surface area contributed by atoms with E-state index in [4.69, 9.17) is 9.47 Å². The van der Waals surface area contributed by atoms with Gasteiger partial charge in [-0.05, 0) is 25.1 Å². The molecule has 28 heavy (non-hydrogen) atoms. The minimum atomic E-state index is -0.624. The van der Waals surface area contributed by atoms with Crippen LogP contribution in [-0.2, 0) is 16.1 Å². The maximum atomic E-state index is 12.5. The summed E-state index contributed by atoms with van der Waals surface area (Å²) in [7, 11) is 1.51. The molecule has 146 valence electrons. The zero-order valence-electron chi connectivity index (χ0n) is 14.9. The molecule has 0 saturated carbocycles. The van der Waals surface area contributed by atoms with Gasteiger partial charge in [-0.15, -0.1) is 0 Å². The molecule has 3 rings (SSSR count). The van der Waals surface area contributed by atoms with E-state index >= 15 is 0 Å². The van der Waals surface area contributed by atoms with Crippen molar-refractivity contribution in [1.82, 2.24) is 4.57 Å². The molecule has 0 radical (unpaired) electrons. The van der Waals surface area contributed by atoms with Gasteiger partial charge < -0.3 is 14.0 Å². The zero-order valence-corrected chi connectivity index (χ0v) is 16.5. The SMILES string of the molecule is CCOC(=O)Cn1c(=NC(=O)c2ccc([N+](=O)[O-])s2)sc2cccc(OC)c21. The Morgan fingerprint density at radius 2 is 2.04 bits per heavy atom. The lowest BCUT2D eigenvalue weighted by molar-refractivity contribution is -0.380. The predicted octanol–water partition coefficient (Wildman–Crippen LogP) is 2.99. The largest absolute Gasteiger partial charge is 0.495 e. The average molecular weight is 421 g/mol. The van der Waals surface area contributed by atoms with Gasteiger partial charge in [-0.25, -0.2) is 0 Å². The van der Waals surface area contributed by atoms with Crippen LogP contribution in [0.2, 0.25) is 0 Å². The normalized spacial score (nSPS) is 11.6. The fraction of sp³-hybridized carbons (Fsp3) is 0.235. The lowest BCUT2D eigenvalue weighted by atomic mass is 10.3. The number of fused-ring (bicyclic) bond motifs is 1. The third kappa shape index (κ3) is 3.94. The number of methoxy groups -OCH3 is 1. The van der Waals surface area contributed by atoms with Gasteiger partial charge in [0, 0.05) is 6.07 Å². The number of nitrogens with zero attached hydrogens (tertiary/aromatic N) is 3. The molecule has 0 N–H and O–H groups in total. The number of hydrogen-bond donors (Lipinski definition) is 0. The van der Waals surface area contributed by atoms with Crippen LogP contribution in [0.4, 0.5) is 5.00 Å². The second-order valence-electron chi connectivity index (χ2n) is 5.39. The van der Waals surface area contributed by atoms with Crippen LogP contribution in [0, 0.1) is 10.1 Å². The molecular weight excluding hydrogens is 406 g/mol. The van der Waals surface area contributed by atoms with Crippen LogP contribution in [0.1, 0.15) is 16.6 Å². The number of hydrogen-bond acceptors (Lipinski definition) is 8. The summed E-state index contributed by atoms with van der Waals surface area (Å²) in [5.41, 5.74) is 0.617. The summed E-state index contributed by atoms with van der Waals surface area (Å²) >= 11 is 1.96. The summed E-state index contributed by atoms with van der Waals surface area (Å²) in [5.74, 6) is -0.575. The Morgan fingerprint density at radius 1 is 1.25 bits per heavy atom. The Kier molecular flexibility index (Phi) is 5.85. The molecule has 0 saturated heterocycles. The Hall–Kier alpha value is -3.05. The van der Waals surface area contributed by atoms with E-state index in [2.05, 4.69) is 4.99 Å². The molecule has 2 heterocycles. The van der Waals surface area contributed by atoms with E-state index in [0.29, 0.717) is 11.3 Å². The summed E-state index contributed by atoms with van der Waals surface area (Å²) < 4.78 is 12.7. The van der Waals surface area contributed by atoms with Gasteiger partial charge in [0.1, 0.15) is 22.7 Å². The van der Waals surface area contributed by atoms with E-state index in [-0.39, 0.29) is 27.8 Å². The molecular formula is C17H15N3O6S2. The topological polar surface area (TPSA) is 113 Å². The third-order valence-electron chi connectivity index (χ3n) is 3.66. The predicted molar refractivity (Wildman–Crippen MR) is 104 cm³/mol. The number of carbonyl (C=O) groups is 2. The quantitative estimate of drug-likeness (QED) is 0.343. The van der Waals surface area contributed by atoms with Crippen molar-refractivity contribution in [3.8, 4) is 5.75 Å². The smallest absolute Gasteiger partial charge is 0.326 e. The fourth-order valence-corrected chi connectivity index (χ4v) is 4.26. The number of aromatic nitrogens is 1. The van der Waals surface area contributed by atoms with Crippen molar-refractivity contribution in [3.63, 3.8) is 0 Å². The van der Waals surface area contributed by atoms with Crippen LogP contribution in [0.3, 0.4) is 0 Å². The van der Waals surface area contributed by atoms with Crippen LogP contribution in [0.25, 0.3) is 10.2 Å². The first kappa shape index (κ1) is 19.7. The summed E-state index contributed by atoms with van der Waals surface area (Å²) in [5, 5.41) is 10.7. The first-order chi connectivity index (χ1) is 13.4. The molecule has 0 aliphatic heterocycles. The molecule has 0 bridgehead atoms. The summed E-state index contributed by atoms with van der Waals surface area (Å²) in [6.45, 7) is 1.78. The molecule has 0 spiro atoms. The highest BCUT2D eigenvalue weighted by atomic mass is 32.1. The highest BCUT2D eigenvalue weighted by Gasteiger charge is 2.18. The number of ether oxygens (including phenoxy) is 2. The molecule has 0 atom stereocenters. The molecule has 9 nitrogen and oxygen atoms in total. The van der Waals surface area contributed by atoms with Crippen molar-refractivity contribution < 1.29 is 24.0 Å². The molecule has 0 fully saturated rings. The molecule has 1 amide bonds. The van der Waals surface area contributed by atoms with E-state index < -0.39 is 16.8 Å². The first-order valence-corrected chi connectivity index (χ1v) is 9.73. The van der Waals surface area contributed by atoms with Crippen molar-refractivity contribution in [3.05, 3.63) is 50.1 Å². The fourth-order valence-electron chi connectivity index (χ4n) is 2.51. The number of esters is 1. The second-order valence-corrected chi connectivity index (χ2v) is 7.47. The summed E-state index contributed by atoms with van der Waals surface area (Å²) in [6, 6.07) is 7.97. The van der Waals surface area contributed by atoms with Crippen molar-refractivity contribution in [1.29, 1.82) is 0 Å². The van der Waals surface area contributed by atoms with E-state index in [9.17, 15) is 19.7 Å². The van der Waals surface area contributed by atoms with Crippen molar-refractivity contribution >= 4 is 49.8 Å². The molecule has 1 aromatic carbocycles. The lowest BCUT2D eigenvalue weighted by Gasteiger charge is -2.08. The van der Waals surface area contributed by atoms with Gasteiger partial charge >= 0.3 is 11.0 Å². The number of amides is 1. The standard InChI is InChI=1S/C17H15N3O6S2/c1-3-26-14(21)9-19-15-10(25-2)5-4-6-11(15)28-17(19)18-16(22)12-7-8-13(27-12)20(23)24/h4-8H,3,9H2,1-2H3. The number of rotatable bonds is 6. The van der Waals surface area contributed by atoms with Gasteiger partial charge in [-0.2, -0.15) is 4.99 Å². The highest BCUT2D eigenvalue weighted by molar-refractivity contribution is 7.17. The van der Waals surface area contributed by atoms with E-state index in [1.807, 2.05) is 6.07 Å². The van der Waals surface area contributed by atoms with Crippen molar-refractivity contribution in [2.45, 2.75) is 13.5 Å². The van der Waals surface area contributed by atoms with Crippen LogP contribution in [0.5, 0.6) is 5.75 Å². The number of carbonyl (C=O) groups excluding carboxylic acids is 2. The Bertz CT molecular complexity index is 1130. The monoisotopic (exact) mass is 421 g/mol. The van der Waals surface area contributed by atoms with Gasteiger partial charge in [0.2, 0.25) is 0 Å². The van der Waals surface area contributed by atoms with Crippen LogP contribution < -0.4 is 9.54 Å². The van der Waals surface area contributed by atoms with E-state index in [0.717, 1.165) is 16.0 Å². The Balaban J connectivity index is 2.12. The average Bonchev–Trinajstić information content (AvgIpc) is 3.28. The first-order valence-electron chi connectivity index (χ1n) is 8.09. The van der Waals surface area contributed by atoms with Crippen LogP contribution >= 0.6 is 22.7 Å². The summed E-state index contributed by atoms with van der Waals surface area (Å²) in [6.07, 6.45) is 0. The summed E-state index contributed by atoms with van der Waals surface area (Å²) in [4.78, 5) is 39.3. The number of para-hydroxylation sites is 1.